The van der Waals surface area contributed by atoms with Crippen molar-refractivity contribution in [3.8, 4) is 0 Å². The van der Waals surface area contributed by atoms with Crippen LogP contribution in [0, 0.1) is 5.82 Å². The second-order valence-electron chi connectivity index (χ2n) is 4.69. The molecule has 0 unspecified atom stereocenters. The van der Waals surface area contributed by atoms with Crippen LogP contribution >= 0.6 is 12.4 Å². The Labute approximate surface area is 112 Å². The summed E-state index contributed by atoms with van der Waals surface area (Å²) < 4.78 is 15.2. The van der Waals surface area contributed by atoms with Gasteiger partial charge in [-0.25, -0.2) is 4.39 Å². The van der Waals surface area contributed by atoms with Gasteiger partial charge in [0.15, 0.2) is 0 Å². The van der Waals surface area contributed by atoms with E-state index in [1.54, 1.807) is 6.07 Å². The summed E-state index contributed by atoms with van der Waals surface area (Å²) in [6.07, 6.45) is 2.17. The molecule has 18 heavy (non-hydrogen) atoms. The van der Waals surface area contributed by atoms with Crippen LogP contribution in [0.25, 0.3) is 10.9 Å². The average molecular weight is 270 g/mol. The van der Waals surface area contributed by atoms with Crippen molar-refractivity contribution in [2.75, 3.05) is 13.1 Å². The van der Waals surface area contributed by atoms with Crippen LogP contribution in [0.3, 0.4) is 0 Å². The summed E-state index contributed by atoms with van der Waals surface area (Å²) in [6.45, 7) is 2.05. The summed E-state index contributed by atoms with van der Waals surface area (Å²) in [6, 6.07) is 4.91. The van der Waals surface area contributed by atoms with Crippen LogP contribution in [-0.4, -0.2) is 22.9 Å². The van der Waals surface area contributed by atoms with E-state index in [1.807, 2.05) is 17.8 Å². The van der Waals surface area contributed by atoms with Crippen molar-refractivity contribution < 1.29 is 4.39 Å². The highest BCUT2D eigenvalue weighted by Crippen LogP contribution is 2.30. The highest BCUT2D eigenvalue weighted by atomic mass is 35.5. The lowest BCUT2D eigenvalue weighted by Crippen LogP contribution is -2.26. The minimum atomic E-state index is -0.180. The Morgan fingerprint density at radius 3 is 2.78 bits per heavy atom. The second kappa shape index (κ2) is 5.24. The molecule has 1 N–H and O–H groups in total. The number of nitrogens with zero attached hydrogens (tertiary/aromatic N) is 2. The predicted octanol–water partition coefficient (Wildman–Crippen LogP) is 2.60. The van der Waals surface area contributed by atoms with Gasteiger partial charge in [-0.1, -0.05) is 0 Å². The summed E-state index contributed by atoms with van der Waals surface area (Å²) in [4.78, 5) is 0. The zero-order valence-corrected chi connectivity index (χ0v) is 11.1. The van der Waals surface area contributed by atoms with Crippen molar-refractivity contribution in [3.05, 3.63) is 29.7 Å². The average Bonchev–Trinajstić information content (AvgIpc) is 2.67. The monoisotopic (exact) mass is 269 g/mol. The Morgan fingerprint density at radius 2 is 2.06 bits per heavy atom. The maximum Gasteiger partial charge on any atom is 0.124 e. The highest BCUT2D eigenvalue weighted by molar-refractivity contribution is 5.85. The summed E-state index contributed by atoms with van der Waals surface area (Å²) >= 11 is 0. The smallest absolute Gasteiger partial charge is 0.124 e. The first-order valence-electron chi connectivity index (χ1n) is 6.08. The largest absolute Gasteiger partial charge is 0.317 e. The number of benzene rings is 1. The first kappa shape index (κ1) is 13.3. The maximum atomic E-state index is 13.3. The Morgan fingerprint density at radius 1 is 1.33 bits per heavy atom. The Bertz CT molecular complexity index is 546. The lowest BCUT2D eigenvalue weighted by molar-refractivity contribution is 0.451. The van der Waals surface area contributed by atoms with Crippen molar-refractivity contribution in [2.45, 2.75) is 18.8 Å². The first-order chi connectivity index (χ1) is 8.25. The number of rotatable bonds is 1. The van der Waals surface area contributed by atoms with Crippen LogP contribution in [0.1, 0.15) is 24.5 Å². The molecule has 0 radical (unpaired) electrons. The molecular formula is C13H17ClFN3. The highest BCUT2D eigenvalue weighted by Gasteiger charge is 2.21. The molecule has 1 aliphatic heterocycles. The third kappa shape index (κ3) is 2.22. The van der Waals surface area contributed by atoms with E-state index in [-0.39, 0.29) is 18.2 Å². The number of piperidine rings is 1. The van der Waals surface area contributed by atoms with E-state index < -0.39 is 0 Å². The molecule has 3 nitrogen and oxygen atoms in total. The number of aryl methyl sites for hydroxylation is 1. The van der Waals surface area contributed by atoms with Crippen LogP contribution in [-0.2, 0) is 7.05 Å². The Kier molecular flexibility index (Phi) is 3.88. The molecule has 1 saturated heterocycles. The summed E-state index contributed by atoms with van der Waals surface area (Å²) in [5.41, 5.74) is 2.07. The van der Waals surface area contributed by atoms with Gasteiger partial charge in [-0.15, -0.1) is 12.4 Å². The summed E-state index contributed by atoms with van der Waals surface area (Å²) in [7, 11) is 1.92. The topological polar surface area (TPSA) is 29.9 Å². The van der Waals surface area contributed by atoms with Crippen LogP contribution in [0.4, 0.5) is 4.39 Å². The maximum absolute atomic E-state index is 13.3. The van der Waals surface area contributed by atoms with Gasteiger partial charge in [0.05, 0.1) is 11.2 Å². The van der Waals surface area contributed by atoms with Gasteiger partial charge in [0.25, 0.3) is 0 Å². The molecule has 0 amide bonds. The van der Waals surface area contributed by atoms with E-state index in [4.69, 9.17) is 0 Å². The van der Waals surface area contributed by atoms with Crippen LogP contribution < -0.4 is 5.32 Å². The summed E-state index contributed by atoms with van der Waals surface area (Å²) in [5.74, 6) is 0.280. The van der Waals surface area contributed by atoms with Crippen molar-refractivity contribution in [2.24, 2.45) is 7.05 Å². The van der Waals surface area contributed by atoms with Crippen molar-refractivity contribution >= 4 is 23.3 Å². The molecule has 98 valence electrons. The number of fused-ring (bicyclic) bond motifs is 1. The molecule has 0 aliphatic carbocycles. The summed E-state index contributed by atoms with van der Waals surface area (Å²) in [5, 5.41) is 8.89. The van der Waals surface area contributed by atoms with Crippen LogP contribution in [0.2, 0.25) is 0 Å². The quantitative estimate of drug-likeness (QED) is 0.862. The van der Waals surface area contributed by atoms with Gasteiger partial charge < -0.3 is 5.32 Å². The lowest BCUT2D eigenvalue weighted by atomic mass is 9.92. The second-order valence-corrected chi connectivity index (χ2v) is 4.69. The molecule has 1 fully saturated rings. The van der Waals surface area contributed by atoms with E-state index in [0.29, 0.717) is 5.92 Å². The van der Waals surface area contributed by atoms with E-state index >= 15 is 0 Å². The number of aromatic nitrogens is 2. The van der Waals surface area contributed by atoms with Gasteiger partial charge in [0.1, 0.15) is 5.82 Å². The molecule has 0 bridgehead atoms. The zero-order chi connectivity index (χ0) is 11.8. The van der Waals surface area contributed by atoms with Gasteiger partial charge in [0.2, 0.25) is 0 Å². The lowest BCUT2D eigenvalue weighted by Gasteiger charge is -2.21. The van der Waals surface area contributed by atoms with Crippen molar-refractivity contribution in [3.63, 3.8) is 0 Å². The van der Waals surface area contributed by atoms with E-state index in [9.17, 15) is 4.39 Å². The predicted molar refractivity (Wildman–Crippen MR) is 72.8 cm³/mol. The molecule has 0 atom stereocenters. The normalized spacial score (nSPS) is 16.8. The fourth-order valence-corrected chi connectivity index (χ4v) is 2.66. The molecule has 1 aromatic carbocycles. The number of halogens is 2. The zero-order valence-electron chi connectivity index (χ0n) is 10.3. The molecular weight excluding hydrogens is 253 g/mol. The Hall–Kier alpha value is -1.13. The molecule has 1 aliphatic rings. The molecule has 2 aromatic rings. The SMILES string of the molecule is Cl.Cn1nc(C2CCNCC2)c2cc(F)ccc21. The van der Waals surface area contributed by atoms with Gasteiger partial charge in [-0.05, 0) is 44.1 Å². The number of hydrogen-bond donors (Lipinski definition) is 1. The minimum Gasteiger partial charge on any atom is -0.317 e. The van der Waals surface area contributed by atoms with E-state index in [0.717, 1.165) is 42.5 Å². The third-order valence-electron chi connectivity index (χ3n) is 3.57. The van der Waals surface area contributed by atoms with Gasteiger partial charge in [-0.2, -0.15) is 5.10 Å². The van der Waals surface area contributed by atoms with Crippen molar-refractivity contribution in [1.82, 2.24) is 15.1 Å². The van der Waals surface area contributed by atoms with E-state index in [1.165, 1.54) is 6.07 Å². The Balaban J connectivity index is 0.00000120. The third-order valence-corrected chi connectivity index (χ3v) is 3.57. The fourth-order valence-electron chi connectivity index (χ4n) is 2.66. The molecule has 0 saturated carbocycles. The number of hydrogen-bond acceptors (Lipinski definition) is 2. The fraction of sp³-hybridized carbons (Fsp3) is 0.462. The minimum absolute atomic E-state index is 0. The van der Waals surface area contributed by atoms with Gasteiger partial charge in [-0.3, -0.25) is 4.68 Å². The van der Waals surface area contributed by atoms with Crippen LogP contribution in [0.15, 0.2) is 18.2 Å². The standard InChI is InChI=1S/C13H16FN3.ClH/c1-17-12-3-2-10(14)8-11(12)13(16-17)9-4-6-15-7-5-9;/h2-3,8-9,15H,4-7H2,1H3;1H. The van der Waals surface area contributed by atoms with Crippen LogP contribution in [0.5, 0.6) is 0 Å². The molecule has 1 aromatic heterocycles. The van der Waals surface area contributed by atoms with E-state index in [2.05, 4.69) is 10.4 Å². The van der Waals surface area contributed by atoms with Gasteiger partial charge in [0, 0.05) is 18.4 Å². The molecule has 2 heterocycles. The van der Waals surface area contributed by atoms with Gasteiger partial charge >= 0.3 is 0 Å². The first-order valence-corrected chi connectivity index (χ1v) is 6.08. The molecule has 5 heteroatoms. The number of nitrogens with one attached hydrogen (secondary N) is 1. The van der Waals surface area contributed by atoms with Crippen molar-refractivity contribution in [1.29, 1.82) is 0 Å². The molecule has 0 spiro atoms. The molecule has 3 rings (SSSR count).